The van der Waals surface area contributed by atoms with Gasteiger partial charge in [-0.15, -0.1) is 0 Å². The molecule has 2 aromatic carbocycles. The van der Waals surface area contributed by atoms with Crippen LogP contribution in [0.15, 0.2) is 48.5 Å². The minimum atomic E-state index is -0.116. The summed E-state index contributed by atoms with van der Waals surface area (Å²) in [5, 5.41) is 5.77. The fraction of sp³-hybridized carbons (Fsp3) is 0.417. The van der Waals surface area contributed by atoms with Crippen LogP contribution < -0.4 is 15.4 Å². The van der Waals surface area contributed by atoms with E-state index in [0.717, 1.165) is 36.3 Å². The predicted octanol–water partition coefficient (Wildman–Crippen LogP) is 4.10. The van der Waals surface area contributed by atoms with Gasteiger partial charge in [0, 0.05) is 31.6 Å². The van der Waals surface area contributed by atoms with Crippen LogP contribution in [0.25, 0.3) is 0 Å². The molecule has 0 radical (unpaired) electrons. The number of hydrogen-bond donors (Lipinski definition) is 2. The van der Waals surface area contributed by atoms with Crippen LogP contribution >= 0.6 is 0 Å². The molecule has 0 spiro atoms. The third-order valence-electron chi connectivity index (χ3n) is 5.58. The summed E-state index contributed by atoms with van der Waals surface area (Å²) in [6.45, 7) is 6.00. The van der Waals surface area contributed by atoms with Crippen molar-refractivity contribution in [3.05, 3.63) is 65.2 Å². The molecule has 0 aliphatic carbocycles. The molecule has 3 rings (SSSR count). The molecule has 3 amide bonds. The van der Waals surface area contributed by atoms with Crippen molar-refractivity contribution in [3.8, 4) is 5.75 Å². The molecular formula is C24H31N3O3. The van der Waals surface area contributed by atoms with Gasteiger partial charge in [-0.25, -0.2) is 4.79 Å². The average molecular weight is 410 g/mol. The van der Waals surface area contributed by atoms with E-state index in [1.54, 1.807) is 7.05 Å². The maximum Gasteiger partial charge on any atom is 0.317 e. The minimum absolute atomic E-state index is 0.0437. The van der Waals surface area contributed by atoms with E-state index in [-0.39, 0.29) is 23.9 Å². The Kier molecular flexibility index (Phi) is 7.33. The standard InChI is InChI=1S/C24H31N3O3/c1-4-30-22-12-10-18(11-13-22)17(2)26-23(28)20-8-5-7-19(15-20)21-9-6-14-27(16-21)24(29)25-3/h5,7-8,10-13,15,17,21H,4,6,9,14,16H2,1-3H3,(H,25,29)(H,26,28)/t17-,21-/m1/s1. The van der Waals surface area contributed by atoms with Crippen LogP contribution in [-0.2, 0) is 0 Å². The zero-order valence-electron chi connectivity index (χ0n) is 18.0. The second kappa shape index (κ2) is 10.1. The molecular weight excluding hydrogens is 378 g/mol. The van der Waals surface area contributed by atoms with E-state index in [4.69, 9.17) is 4.74 Å². The molecule has 0 aromatic heterocycles. The molecule has 30 heavy (non-hydrogen) atoms. The molecule has 160 valence electrons. The SMILES string of the molecule is CCOc1ccc([C@@H](C)NC(=O)c2cccc([C@@H]3CCCN(C(=O)NC)C3)c2)cc1. The lowest BCUT2D eigenvalue weighted by molar-refractivity contribution is 0.0939. The van der Waals surface area contributed by atoms with E-state index < -0.39 is 0 Å². The quantitative estimate of drug-likeness (QED) is 0.755. The van der Waals surface area contributed by atoms with Crippen molar-refractivity contribution in [1.82, 2.24) is 15.5 Å². The van der Waals surface area contributed by atoms with Gasteiger partial charge in [-0.2, -0.15) is 0 Å². The Morgan fingerprint density at radius 3 is 2.67 bits per heavy atom. The normalized spacial score (nSPS) is 17.2. The molecule has 0 bridgehead atoms. The van der Waals surface area contributed by atoms with Crippen molar-refractivity contribution in [3.63, 3.8) is 0 Å². The fourth-order valence-electron chi connectivity index (χ4n) is 3.91. The van der Waals surface area contributed by atoms with Crippen molar-refractivity contribution in [2.45, 2.75) is 38.6 Å². The number of carbonyl (C=O) groups excluding carboxylic acids is 2. The van der Waals surface area contributed by atoms with Crippen molar-refractivity contribution in [2.24, 2.45) is 0 Å². The van der Waals surface area contributed by atoms with E-state index in [2.05, 4.69) is 10.6 Å². The van der Waals surface area contributed by atoms with Crippen LogP contribution in [0.3, 0.4) is 0 Å². The highest BCUT2D eigenvalue weighted by Crippen LogP contribution is 2.27. The summed E-state index contributed by atoms with van der Waals surface area (Å²) in [5.74, 6) is 0.968. The van der Waals surface area contributed by atoms with Crippen molar-refractivity contribution in [2.75, 3.05) is 26.7 Å². The zero-order valence-corrected chi connectivity index (χ0v) is 18.0. The molecule has 2 N–H and O–H groups in total. The van der Waals surface area contributed by atoms with Gasteiger partial charge in [0.05, 0.1) is 12.6 Å². The fourth-order valence-corrected chi connectivity index (χ4v) is 3.91. The van der Waals surface area contributed by atoms with Crippen molar-refractivity contribution < 1.29 is 14.3 Å². The van der Waals surface area contributed by atoms with Gasteiger partial charge in [0.2, 0.25) is 0 Å². The second-order valence-corrected chi connectivity index (χ2v) is 7.66. The third-order valence-corrected chi connectivity index (χ3v) is 5.58. The van der Waals surface area contributed by atoms with Crippen molar-refractivity contribution in [1.29, 1.82) is 0 Å². The highest BCUT2D eigenvalue weighted by Gasteiger charge is 2.24. The van der Waals surface area contributed by atoms with Crippen LogP contribution in [0.5, 0.6) is 5.75 Å². The number of rotatable bonds is 6. The summed E-state index contributed by atoms with van der Waals surface area (Å²) in [7, 11) is 1.66. The number of carbonyl (C=O) groups is 2. The lowest BCUT2D eigenvalue weighted by Gasteiger charge is -2.32. The Morgan fingerprint density at radius 1 is 1.20 bits per heavy atom. The Hall–Kier alpha value is -3.02. The monoisotopic (exact) mass is 409 g/mol. The first-order chi connectivity index (χ1) is 14.5. The van der Waals surface area contributed by atoms with Gasteiger partial charge in [0.15, 0.2) is 0 Å². The lowest BCUT2D eigenvalue weighted by atomic mass is 9.89. The molecule has 2 atom stereocenters. The van der Waals surface area contributed by atoms with Crippen LogP contribution in [0.2, 0.25) is 0 Å². The summed E-state index contributed by atoms with van der Waals surface area (Å²) >= 11 is 0. The largest absolute Gasteiger partial charge is 0.494 e. The minimum Gasteiger partial charge on any atom is -0.494 e. The maximum absolute atomic E-state index is 12.8. The van der Waals surface area contributed by atoms with Gasteiger partial charge >= 0.3 is 6.03 Å². The number of ether oxygens (including phenoxy) is 1. The summed E-state index contributed by atoms with van der Waals surface area (Å²) in [6, 6.07) is 15.4. The molecule has 6 nitrogen and oxygen atoms in total. The van der Waals surface area contributed by atoms with E-state index >= 15 is 0 Å². The Morgan fingerprint density at radius 2 is 1.97 bits per heavy atom. The Balaban J connectivity index is 1.66. The number of urea groups is 1. The van der Waals surface area contributed by atoms with E-state index in [1.807, 2.05) is 67.3 Å². The number of nitrogens with zero attached hydrogens (tertiary/aromatic N) is 1. The second-order valence-electron chi connectivity index (χ2n) is 7.66. The number of amides is 3. The van der Waals surface area contributed by atoms with E-state index in [0.29, 0.717) is 18.7 Å². The number of nitrogens with one attached hydrogen (secondary N) is 2. The first-order valence-electron chi connectivity index (χ1n) is 10.6. The summed E-state index contributed by atoms with van der Waals surface area (Å²) in [4.78, 5) is 26.7. The summed E-state index contributed by atoms with van der Waals surface area (Å²) in [6.07, 6.45) is 1.98. The molecule has 1 heterocycles. The van der Waals surface area contributed by atoms with Gasteiger partial charge in [0.25, 0.3) is 5.91 Å². The average Bonchev–Trinajstić information content (AvgIpc) is 2.79. The summed E-state index contributed by atoms with van der Waals surface area (Å²) in [5.41, 5.74) is 2.77. The molecule has 1 aliphatic rings. The van der Waals surface area contributed by atoms with Gasteiger partial charge < -0.3 is 20.3 Å². The first kappa shape index (κ1) is 21.7. The molecule has 1 aliphatic heterocycles. The smallest absolute Gasteiger partial charge is 0.317 e. The van der Waals surface area contributed by atoms with Crippen LogP contribution in [0.4, 0.5) is 4.79 Å². The molecule has 2 aromatic rings. The van der Waals surface area contributed by atoms with Gasteiger partial charge in [-0.3, -0.25) is 4.79 Å². The van der Waals surface area contributed by atoms with Gasteiger partial charge in [-0.05, 0) is 62.1 Å². The van der Waals surface area contributed by atoms with Gasteiger partial charge in [0.1, 0.15) is 5.75 Å². The topological polar surface area (TPSA) is 70.7 Å². The van der Waals surface area contributed by atoms with Crippen LogP contribution in [-0.4, -0.2) is 43.6 Å². The Bertz CT molecular complexity index is 866. The van der Waals surface area contributed by atoms with Crippen LogP contribution in [0.1, 0.15) is 60.1 Å². The number of hydrogen-bond acceptors (Lipinski definition) is 3. The summed E-state index contributed by atoms with van der Waals surface area (Å²) < 4.78 is 5.48. The highest BCUT2D eigenvalue weighted by molar-refractivity contribution is 5.94. The highest BCUT2D eigenvalue weighted by atomic mass is 16.5. The van der Waals surface area contributed by atoms with E-state index in [1.165, 1.54) is 0 Å². The number of likely N-dealkylation sites (tertiary alicyclic amines) is 1. The predicted molar refractivity (Wildman–Crippen MR) is 118 cm³/mol. The molecule has 0 unspecified atom stereocenters. The van der Waals surface area contributed by atoms with E-state index in [9.17, 15) is 9.59 Å². The molecule has 1 fully saturated rings. The molecule has 1 saturated heterocycles. The third kappa shape index (κ3) is 5.32. The van der Waals surface area contributed by atoms with Gasteiger partial charge in [-0.1, -0.05) is 24.3 Å². The van der Waals surface area contributed by atoms with Crippen LogP contribution in [0, 0.1) is 0 Å². The molecule has 6 heteroatoms. The number of piperidine rings is 1. The lowest BCUT2D eigenvalue weighted by Crippen LogP contribution is -2.43. The Labute approximate surface area is 178 Å². The van der Waals surface area contributed by atoms with Crippen molar-refractivity contribution >= 4 is 11.9 Å². The maximum atomic E-state index is 12.8. The number of benzene rings is 2. The molecule has 0 saturated carbocycles. The zero-order chi connectivity index (χ0) is 21.5. The first-order valence-corrected chi connectivity index (χ1v) is 10.6.